The summed E-state index contributed by atoms with van der Waals surface area (Å²) in [6, 6.07) is 3.82. The van der Waals surface area contributed by atoms with Crippen LogP contribution in [0.4, 0.5) is 18.9 Å². The fraction of sp³-hybridized carbons (Fsp3) is 0.462. The lowest BCUT2D eigenvalue weighted by Gasteiger charge is -2.14. The number of thioether (sulfide) groups is 1. The highest BCUT2D eigenvalue weighted by atomic mass is 35.5. The summed E-state index contributed by atoms with van der Waals surface area (Å²) >= 11 is 7.08. The Bertz CT molecular complexity index is 529. The molecule has 1 atom stereocenters. The predicted octanol–water partition coefficient (Wildman–Crippen LogP) is 4.90. The van der Waals surface area contributed by atoms with Crippen molar-refractivity contribution in [3.05, 3.63) is 28.8 Å². The minimum Gasteiger partial charge on any atom is -0.334 e. The van der Waals surface area contributed by atoms with Crippen LogP contribution in [0, 0.1) is 5.92 Å². The summed E-state index contributed by atoms with van der Waals surface area (Å²) in [5.74, 6) is 1.16. The molecule has 2 nitrogen and oxygen atoms in total. The van der Waals surface area contributed by atoms with Crippen molar-refractivity contribution in [1.82, 2.24) is 0 Å². The van der Waals surface area contributed by atoms with E-state index in [1.54, 1.807) is 0 Å². The Hall–Kier alpha value is -0.880. The first kappa shape index (κ1) is 15.5. The molecule has 0 bridgehead atoms. The molecule has 1 heterocycles. The number of amidine groups is 1. The van der Waals surface area contributed by atoms with E-state index in [0.29, 0.717) is 11.1 Å². The number of nitrogens with zero attached hydrogens (tertiary/aromatic N) is 1. The Kier molecular flexibility index (Phi) is 4.54. The van der Waals surface area contributed by atoms with Gasteiger partial charge in [0.1, 0.15) is 0 Å². The third kappa shape index (κ3) is 3.61. The molecule has 1 aliphatic rings. The lowest BCUT2D eigenvalue weighted by atomic mass is 10.1. The van der Waals surface area contributed by atoms with Crippen LogP contribution in [0.2, 0.25) is 5.02 Å². The number of aliphatic imine (C=N–C) groups is 1. The minimum absolute atomic E-state index is 0.0162. The highest BCUT2D eigenvalue weighted by Crippen LogP contribution is 2.37. The molecule has 110 valence electrons. The van der Waals surface area contributed by atoms with Crippen LogP contribution in [0.15, 0.2) is 23.2 Å². The van der Waals surface area contributed by atoms with Crippen LogP contribution in [-0.4, -0.2) is 17.0 Å². The molecule has 7 heteroatoms. The van der Waals surface area contributed by atoms with Crippen molar-refractivity contribution < 1.29 is 13.2 Å². The van der Waals surface area contributed by atoms with Gasteiger partial charge in [0.2, 0.25) is 0 Å². The Morgan fingerprint density at radius 3 is 2.65 bits per heavy atom. The van der Waals surface area contributed by atoms with Gasteiger partial charge in [0.25, 0.3) is 0 Å². The maximum absolute atomic E-state index is 13.0. The third-order valence-corrected chi connectivity index (χ3v) is 4.20. The molecule has 0 saturated carbocycles. The fourth-order valence-electron chi connectivity index (χ4n) is 1.77. The molecule has 0 fully saturated rings. The highest BCUT2D eigenvalue weighted by Gasteiger charge is 2.34. The molecular weight excluding hydrogens is 309 g/mol. The van der Waals surface area contributed by atoms with Crippen LogP contribution in [-0.2, 0) is 6.18 Å². The Morgan fingerprint density at radius 2 is 2.10 bits per heavy atom. The van der Waals surface area contributed by atoms with Gasteiger partial charge in [0, 0.05) is 10.8 Å². The van der Waals surface area contributed by atoms with E-state index < -0.39 is 11.7 Å². The second-order valence-corrected chi connectivity index (χ2v) is 6.31. The average Bonchev–Trinajstić information content (AvgIpc) is 2.79. The molecule has 2 rings (SSSR count). The zero-order valence-electron chi connectivity index (χ0n) is 11.0. The van der Waals surface area contributed by atoms with Gasteiger partial charge in [-0.05, 0) is 24.1 Å². The van der Waals surface area contributed by atoms with E-state index >= 15 is 0 Å². The maximum atomic E-state index is 13.0. The van der Waals surface area contributed by atoms with Crippen molar-refractivity contribution in [2.24, 2.45) is 10.9 Å². The van der Waals surface area contributed by atoms with Crippen LogP contribution >= 0.6 is 23.4 Å². The maximum Gasteiger partial charge on any atom is 0.418 e. The number of hydrogen-bond donors (Lipinski definition) is 1. The summed E-state index contributed by atoms with van der Waals surface area (Å²) in [4.78, 5) is 4.40. The summed E-state index contributed by atoms with van der Waals surface area (Å²) in [7, 11) is 0. The van der Waals surface area contributed by atoms with Crippen LogP contribution < -0.4 is 5.32 Å². The monoisotopic (exact) mass is 322 g/mol. The lowest BCUT2D eigenvalue weighted by Crippen LogP contribution is -2.14. The fourth-order valence-corrected chi connectivity index (χ4v) is 3.13. The van der Waals surface area contributed by atoms with Gasteiger partial charge < -0.3 is 5.32 Å². The summed E-state index contributed by atoms with van der Waals surface area (Å²) in [5, 5.41) is 3.35. The topological polar surface area (TPSA) is 24.4 Å². The van der Waals surface area contributed by atoms with E-state index in [1.807, 2.05) is 13.8 Å². The van der Waals surface area contributed by atoms with Gasteiger partial charge in [-0.2, -0.15) is 13.2 Å². The number of halogens is 4. The van der Waals surface area contributed by atoms with E-state index in [9.17, 15) is 13.2 Å². The Balaban J connectivity index is 2.24. The van der Waals surface area contributed by atoms with Gasteiger partial charge in [-0.1, -0.05) is 37.2 Å². The molecule has 1 aliphatic heterocycles. The van der Waals surface area contributed by atoms with Crippen molar-refractivity contribution in [2.45, 2.75) is 26.1 Å². The number of rotatable bonds is 2. The number of alkyl halides is 3. The number of nitrogens with one attached hydrogen (secondary N) is 1. The quantitative estimate of drug-likeness (QED) is 0.837. The van der Waals surface area contributed by atoms with Crippen LogP contribution in [0.5, 0.6) is 0 Å². The summed E-state index contributed by atoms with van der Waals surface area (Å²) < 4.78 is 38.9. The molecule has 20 heavy (non-hydrogen) atoms. The SMILES string of the molecule is CC(C)[C@H]1CSC(Nc2ccc(Cl)cc2C(F)(F)F)=N1. The zero-order chi connectivity index (χ0) is 14.9. The number of hydrogen-bond acceptors (Lipinski definition) is 3. The number of benzene rings is 1. The average molecular weight is 323 g/mol. The second kappa shape index (κ2) is 5.85. The van der Waals surface area contributed by atoms with Gasteiger partial charge in [0.05, 0.1) is 17.3 Å². The van der Waals surface area contributed by atoms with Gasteiger partial charge in [-0.3, -0.25) is 4.99 Å². The highest BCUT2D eigenvalue weighted by molar-refractivity contribution is 8.14. The first-order valence-corrected chi connectivity index (χ1v) is 7.48. The van der Waals surface area contributed by atoms with E-state index in [1.165, 1.54) is 23.9 Å². The molecule has 0 unspecified atom stereocenters. The van der Waals surface area contributed by atoms with E-state index in [-0.39, 0.29) is 16.8 Å². The van der Waals surface area contributed by atoms with Crippen molar-refractivity contribution in [1.29, 1.82) is 0 Å². The molecule has 1 aromatic carbocycles. The van der Waals surface area contributed by atoms with E-state index in [0.717, 1.165) is 11.8 Å². The Morgan fingerprint density at radius 1 is 1.40 bits per heavy atom. The molecule has 0 amide bonds. The van der Waals surface area contributed by atoms with E-state index in [2.05, 4.69) is 10.3 Å². The number of anilines is 1. The first-order chi connectivity index (χ1) is 9.27. The summed E-state index contributed by atoms with van der Waals surface area (Å²) in [6.45, 7) is 4.09. The summed E-state index contributed by atoms with van der Waals surface area (Å²) in [6.07, 6.45) is -4.45. The van der Waals surface area contributed by atoms with Gasteiger partial charge in [0.15, 0.2) is 5.17 Å². The molecule has 0 saturated heterocycles. The van der Waals surface area contributed by atoms with Crippen molar-refractivity contribution in [3.63, 3.8) is 0 Å². The third-order valence-electron chi connectivity index (χ3n) is 2.97. The molecule has 0 spiro atoms. The standard InChI is InChI=1S/C13H14ClF3N2S/c1-7(2)11-6-20-12(19-11)18-10-4-3-8(14)5-9(10)13(15,16)17/h3-5,7,11H,6H2,1-2H3,(H,18,19)/t11-/m1/s1. The molecule has 0 aliphatic carbocycles. The van der Waals surface area contributed by atoms with Gasteiger partial charge >= 0.3 is 6.18 Å². The lowest BCUT2D eigenvalue weighted by molar-refractivity contribution is -0.136. The van der Waals surface area contributed by atoms with Gasteiger partial charge in [-0.25, -0.2) is 0 Å². The van der Waals surface area contributed by atoms with Gasteiger partial charge in [-0.15, -0.1) is 0 Å². The molecule has 0 radical (unpaired) electrons. The Labute approximate surface area is 124 Å². The largest absolute Gasteiger partial charge is 0.418 e. The molecule has 1 N–H and O–H groups in total. The normalized spacial score (nSPS) is 19.4. The molecule has 0 aromatic heterocycles. The second-order valence-electron chi connectivity index (χ2n) is 4.87. The van der Waals surface area contributed by atoms with Crippen LogP contribution in [0.25, 0.3) is 0 Å². The van der Waals surface area contributed by atoms with Crippen molar-refractivity contribution in [3.8, 4) is 0 Å². The molecular formula is C13H14ClF3N2S. The van der Waals surface area contributed by atoms with E-state index in [4.69, 9.17) is 11.6 Å². The molecule has 1 aromatic rings. The summed E-state index contributed by atoms with van der Waals surface area (Å²) in [5.41, 5.74) is -0.793. The minimum atomic E-state index is -4.45. The van der Waals surface area contributed by atoms with Crippen molar-refractivity contribution >= 4 is 34.2 Å². The van der Waals surface area contributed by atoms with Crippen LogP contribution in [0.3, 0.4) is 0 Å². The predicted molar refractivity (Wildman–Crippen MR) is 78.6 cm³/mol. The van der Waals surface area contributed by atoms with Crippen molar-refractivity contribution in [2.75, 3.05) is 11.1 Å². The zero-order valence-corrected chi connectivity index (χ0v) is 12.5. The first-order valence-electron chi connectivity index (χ1n) is 6.11. The van der Waals surface area contributed by atoms with Crippen LogP contribution in [0.1, 0.15) is 19.4 Å². The smallest absolute Gasteiger partial charge is 0.334 e.